The van der Waals surface area contributed by atoms with E-state index in [0.29, 0.717) is 18.0 Å². The first kappa shape index (κ1) is 20.6. The van der Waals surface area contributed by atoms with Crippen molar-refractivity contribution in [3.05, 3.63) is 29.8 Å². The fraction of sp³-hybridized carbons (Fsp3) is 0.588. The number of rotatable bonds is 8. The molecule has 1 aromatic rings. The van der Waals surface area contributed by atoms with Crippen molar-refractivity contribution >= 4 is 15.9 Å². The van der Waals surface area contributed by atoms with Gasteiger partial charge in [0.05, 0.1) is 10.9 Å². The zero-order chi connectivity index (χ0) is 18.5. The van der Waals surface area contributed by atoms with Crippen molar-refractivity contribution in [2.45, 2.75) is 44.7 Å². The number of carbonyl (C=O) groups excluding carboxylic acids is 1. The normalized spacial score (nSPS) is 14.5. The van der Waals surface area contributed by atoms with Gasteiger partial charge in [0.1, 0.15) is 0 Å². The number of benzene rings is 1. The van der Waals surface area contributed by atoms with Crippen LogP contribution in [0.3, 0.4) is 0 Å². The second-order valence-electron chi connectivity index (χ2n) is 6.00. The van der Waals surface area contributed by atoms with Crippen molar-refractivity contribution in [1.82, 2.24) is 14.5 Å². The van der Waals surface area contributed by atoms with Crippen LogP contribution in [0.2, 0.25) is 0 Å². The highest BCUT2D eigenvalue weighted by molar-refractivity contribution is 7.89. The Kier molecular flexibility index (Phi) is 7.38. The van der Waals surface area contributed by atoms with Crippen molar-refractivity contribution in [3.63, 3.8) is 0 Å². The van der Waals surface area contributed by atoms with Gasteiger partial charge in [0.15, 0.2) is 0 Å². The molecule has 0 fully saturated rings. The lowest BCUT2D eigenvalue weighted by atomic mass is 10.1. The third kappa shape index (κ3) is 4.78. The quantitative estimate of drug-likeness (QED) is 0.772. The molecule has 7 heteroatoms. The van der Waals surface area contributed by atoms with Gasteiger partial charge in [0.2, 0.25) is 15.9 Å². The molecule has 0 aliphatic carbocycles. The molecule has 0 saturated carbocycles. The Hall–Kier alpha value is -1.44. The summed E-state index contributed by atoms with van der Waals surface area (Å²) in [5.74, 6) is 0.00239. The summed E-state index contributed by atoms with van der Waals surface area (Å²) in [6.45, 7) is 8.31. The summed E-state index contributed by atoms with van der Waals surface area (Å²) in [4.78, 5) is 13.8. The maximum atomic E-state index is 12.5. The number of amides is 1. The topological polar surface area (TPSA) is 69.7 Å². The predicted molar refractivity (Wildman–Crippen MR) is 96.3 cm³/mol. The standard InChI is InChI=1S/C17H29N3O3S/c1-7-20(8-2)24(22,23)16-11-9-15(10-12-16)13(3)18-14(4)17(21)19(5)6/h9-14,18H,7-8H2,1-6H3/t13-,14+/m0/s1. The number of carbonyl (C=O) groups is 1. The molecule has 0 unspecified atom stereocenters. The van der Waals surface area contributed by atoms with E-state index in [9.17, 15) is 13.2 Å². The monoisotopic (exact) mass is 355 g/mol. The third-order valence-electron chi connectivity index (χ3n) is 4.03. The Labute approximate surface area is 145 Å². The highest BCUT2D eigenvalue weighted by atomic mass is 32.2. The van der Waals surface area contributed by atoms with E-state index in [1.807, 2.05) is 27.7 Å². The summed E-state index contributed by atoms with van der Waals surface area (Å²) in [6.07, 6.45) is 0. The average molecular weight is 356 g/mol. The first-order valence-corrected chi connectivity index (χ1v) is 9.66. The van der Waals surface area contributed by atoms with E-state index >= 15 is 0 Å². The number of nitrogens with zero attached hydrogens (tertiary/aromatic N) is 2. The number of sulfonamides is 1. The Bertz CT molecular complexity index is 638. The summed E-state index contributed by atoms with van der Waals surface area (Å²) in [5, 5.41) is 3.23. The van der Waals surface area contributed by atoms with Gasteiger partial charge in [-0.2, -0.15) is 4.31 Å². The van der Waals surface area contributed by atoms with Gasteiger partial charge in [-0.3, -0.25) is 10.1 Å². The number of hydrogen-bond donors (Lipinski definition) is 1. The Balaban J connectivity index is 2.89. The van der Waals surface area contributed by atoms with Crippen molar-refractivity contribution in [3.8, 4) is 0 Å². The maximum Gasteiger partial charge on any atom is 0.243 e. The van der Waals surface area contributed by atoms with E-state index in [1.54, 1.807) is 43.3 Å². The number of hydrogen-bond acceptors (Lipinski definition) is 4. The molecule has 0 spiro atoms. The van der Waals surface area contributed by atoms with Gasteiger partial charge in [-0.1, -0.05) is 26.0 Å². The largest absolute Gasteiger partial charge is 0.347 e. The molecule has 0 radical (unpaired) electrons. The van der Waals surface area contributed by atoms with Gasteiger partial charge >= 0.3 is 0 Å². The zero-order valence-electron chi connectivity index (χ0n) is 15.4. The molecule has 1 rings (SSSR count). The summed E-state index contributed by atoms with van der Waals surface area (Å²) in [6, 6.07) is 6.46. The molecule has 0 bridgehead atoms. The van der Waals surface area contributed by atoms with Gasteiger partial charge in [-0.25, -0.2) is 8.42 Å². The summed E-state index contributed by atoms with van der Waals surface area (Å²) < 4.78 is 26.4. The van der Waals surface area contributed by atoms with Crippen LogP contribution in [0.5, 0.6) is 0 Å². The van der Waals surface area contributed by atoms with Gasteiger partial charge in [-0.15, -0.1) is 0 Å². The smallest absolute Gasteiger partial charge is 0.243 e. The SMILES string of the molecule is CCN(CC)S(=O)(=O)c1ccc([C@H](C)N[C@H](C)C(=O)N(C)C)cc1. The summed E-state index contributed by atoms with van der Waals surface area (Å²) >= 11 is 0. The number of likely N-dealkylation sites (N-methyl/N-ethyl adjacent to an activating group) is 1. The highest BCUT2D eigenvalue weighted by Gasteiger charge is 2.22. The van der Waals surface area contributed by atoms with Crippen LogP contribution >= 0.6 is 0 Å². The van der Waals surface area contributed by atoms with Gasteiger partial charge in [0, 0.05) is 33.2 Å². The van der Waals surface area contributed by atoms with Crippen LogP contribution < -0.4 is 5.32 Å². The van der Waals surface area contributed by atoms with Crippen molar-refractivity contribution in [1.29, 1.82) is 0 Å². The van der Waals surface area contributed by atoms with Crippen LogP contribution in [0.1, 0.15) is 39.3 Å². The fourth-order valence-electron chi connectivity index (χ4n) is 2.57. The minimum atomic E-state index is -3.44. The van der Waals surface area contributed by atoms with Gasteiger partial charge in [-0.05, 0) is 31.5 Å². The molecule has 1 N–H and O–H groups in total. The van der Waals surface area contributed by atoms with Gasteiger partial charge < -0.3 is 4.90 Å². The van der Waals surface area contributed by atoms with Crippen LogP contribution in [0, 0.1) is 0 Å². The molecule has 0 heterocycles. The molecule has 1 amide bonds. The third-order valence-corrected chi connectivity index (χ3v) is 6.10. The van der Waals surface area contributed by atoms with Gasteiger partial charge in [0.25, 0.3) is 0 Å². The van der Waals surface area contributed by atoms with Crippen LogP contribution in [0.25, 0.3) is 0 Å². The zero-order valence-corrected chi connectivity index (χ0v) is 16.2. The molecule has 136 valence electrons. The van der Waals surface area contributed by atoms with Crippen LogP contribution in [-0.2, 0) is 14.8 Å². The van der Waals surface area contributed by atoms with E-state index < -0.39 is 10.0 Å². The maximum absolute atomic E-state index is 12.5. The summed E-state index contributed by atoms with van der Waals surface area (Å²) in [7, 11) is 0.00132. The highest BCUT2D eigenvalue weighted by Crippen LogP contribution is 2.19. The number of nitrogens with one attached hydrogen (secondary N) is 1. The van der Waals surface area contributed by atoms with Crippen LogP contribution in [-0.4, -0.2) is 56.8 Å². The summed E-state index contributed by atoms with van der Waals surface area (Å²) in [5.41, 5.74) is 0.937. The lowest BCUT2D eigenvalue weighted by Crippen LogP contribution is -2.42. The Morgan fingerprint density at radius 1 is 1.08 bits per heavy atom. The molecule has 2 atom stereocenters. The molecule has 0 saturated heterocycles. The van der Waals surface area contributed by atoms with E-state index in [0.717, 1.165) is 5.56 Å². The predicted octanol–water partition coefficient (Wildman–Crippen LogP) is 1.84. The molecular weight excluding hydrogens is 326 g/mol. The molecule has 0 aliphatic heterocycles. The van der Waals surface area contributed by atoms with Crippen molar-refractivity contribution in [2.75, 3.05) is 27.2 Å². The fourth-order valence-corrected chi connectivity index (χ4v) is 4.03. The van der Waals surface area contributed by atoms with Crippen molar-refractivity contribution < 1.29 is 13.2 Å². The molecular formula is C17H29N3O3S. The molecule has 6 nitrogen and oxygen atoms in total. The second kappa shape index (κ2) is 8.60. The van der Waals surface area contributed by atoms with E-state index in [-0.39, 0.29) is 18.0 Å². The Morgan fingerprint density at radius 2 is 1.58 bits per heavy atom. The minimum absolute atomic E-state index is 0.00239. The van der Waals surface area contributed by atoms with Crippen LogP contribution in [0.15, 0.2) is 29.2 Å². The molecule has 1 aromatic carbocycles. The molecule has 0 aliphatic rings. The molecule has 0 aromatic heterocycles. The molecule has 24 heavy (non-hydrogen) atoms. The average Bonchev–Trinajstić information content (AvgIpc) is 2.54. The van der Waals surface area contributed by atoms with Crippen molar-refractivity contribution in [2.24, 2.45) is 0 Å². The lowest BCUT2D eigenvalue weighted by molar-refractivity contribution is -0.130. The van der Waals surface area contributed by atoms with E-state index in [2.05, 4.69) is 5.32 Å². The van der Waals surface area contributed by atoms with Crippen LogP contribution in [0.4, 0.5) is 0 Å². The first-order valence-electron chi connectivity index (χ1n) is 8.22. The Morgan fingerprint density at radius 3 is 2.00 bits per heavy atom. The minimum Gasteiger partial charge on any atom is -0.347 e. The second-order valence-corrected chi connectivity index (χ2v) is 7.94. The lowest BCUT2D eigenvalue weighted by Gasteiger charge is -2.23. The first-order chi connectivity index (χ1) is 11.1. The van der Waals surface area contributed by atoms with E-state index in [4.69, 9.17) is 0 Å². The van der Waals surface area contributed by atoms with E-state index in [1.165, 1.54) is 4.31 Å².